The lowest BCUT2D eigenvalue weighted by Crippen LogP contribution is -2.44. The summed E-state index contributed by atoms with van der Waals surface area (Å²) in [6, 6.07) is 9.52. The van der Waals surface area contributed by atoms with Crippen LogP contribution < -0.4 is 20.7 Å². The molecule has 0 saturated carbocycles. The van der Waals surface area contributed by atoms with Crippen molar-refractivity contribution in [1.29, 1.82) is 0 Å². The molecule has 8 nitrogen and oxygen atoms in total. The van der Waals surface area contributed by atoms with E-state index in [2.05, 4.69) is 16.0 Å². The summed E-state index contributed by atoms with van der Waals surface area (Å²) in [5.41, 5.74) is 0.305. The highest BCUT2D eigenvalue weighted by molar-refractivity contribution is 6.39. The molecule has 10 heteroatoms. The van der Waals surface area contributed by atoms with Crippen LogP contribution in [-0.4, -0.2) is 49.5 Å². The van der Waals surface area contributed by atoms with Crippen LogP contribution in [0.25, 0.3) is 0 Å². The second kappa shape index (κ2) is 10.6. The lowest BCUT2D eigenvalue weighted by molar-refractivity contribution is -0.136. The number of rotatable bonds is 5. The Balaban J connectivity index is 1.42. The van der Waals surface area contributed by atoms with Crippen molar-refractivity contribution in [3.63, 3.8) is 0 Å². The van der Waals surface area contributed by atoms with Gasteiger partial charge in [-0.25, -0.2) is 13.6 Å². The molecule has 0 unspecified atom stereocenters. The summed E-state index contributed by atoms with van der Waals surface area (Å²) in [4.78, 5) is 38.1. The Hall–Kier alpha value is -3.69. The van der Waals surface area contributed by atoms with Crippen LogP contribution in [0.5, 0.6) is 5.75 Å². The number of amides is 4. The molecule has 3 rings (SSSR count). The minimum atomic E-state index is -1.04. The quantitative estimate of drug-likeness (QED) is 0.615. The summed E-state index contributed by atoms with van der Waals surface area (Å²) in [5, 5.41) is 7.46. The molecule has 32 heavy (non-hydrogen) atoms. The number of hydrogen-bond donors (Lipinski definition) is 3. The van der Waals surface area contributed by atoms with Gasteiger partial charge in [-0.1, -0.05) is 12.1 Å². The standard InChI is InChI=1S/C22H24F2N4O4/c1-32-19-5-3-2-4-18(19)27-22(31)28-10-8-14(9-11-28)13-25-20(29)21(30)26-17-7-6-15(23)12-16(17)24/h2-7,12,14H,8-11,13H2,1H3,(H,25,29)(H,26,30)(H,27,31). The molecule has 4 amide bonds. The molecule has 0 aliphatic carbocycles. The van der Waals surface area contributed by atoms with Crippen molar-refractivity contribution in [3.8, 4) is 5.75 Å². The summed E-state index contributed by atoms with van der Waals surface area (Å²) in [5.74, 6) is -3.05. The van der Waals surface area contributed by atoms with Crippen molar-refractivity contribution < 1.29 is 27.9 Å². The first kappa shape index (κ1) is 23.0. The highest BCUT2D eigenvalue weighted by Gasteiger charge is 2.25. The Morgan fingerprint density at radius 2 is 1.72 bits per heavy atom. The molecular formula is C22H24F2N4O4. The molecule has 0 aromatic heterocycles. The Bertz CT molecular complexity index is 994. The van der Waals surface area contributed by atoms with Crippen molar-refractivity contribution in [2.24, 2.45) is 5.92 Å². The average Bonchev–Trinajstić information content (AvgIpc) is 2.79. The number of hydrogen-bond acceptors (Lipinski definition) is 4. The molecule has 0 spiro atoms. The number of halogens is 2. The summed E-state index contributed by atoms with van der Waals surface area (Å²) in [6.07, 6.45) is 1.29. The van der Waals surface area contributed by atoms with Crippen LogP contribution in [0, 0.1) is 17.6 Å². The number of nitrogens with one attached hydrogen (secondary N) is 3. The molecule has 2 aromatic carbocycles. The van der Waals surface area contributed by atoms with E-state index in [1.54, 1.807) is 23.1 Å². The van der Waals surface area contributed by atoms with E-state index in [-0.39, 0.29) is 24.2 Å². The normalized spacial score (nSPS) is 13.9. The molecule has 0 atom stereocenters. The zero-order valence-corrected chi connectivity index (χ0v) is 17.5. The maximum absolute atomic E-state index is 13.6. The van der Waals surface area contributed by atoms with Crippen LogP contribution >= 0.6 is 0 Å². The predicted molar refractivity (Wildman–Crippen MR) is 114 cm³/mol. The minimum absolute atomic E-state index is 0.0876. The zero-order chi connectivity index (χ0) is 23.1. The number of likely N-dealkylation sites (tertiary alicyclic amines) is 1. The summed E-state index contributed by atoms with van der Waals surface area (Å²) < 4.78 is 31.8. The smallest absolute Gasteiger partial charge is 0.321 e. The maximum Gasteiger partial charge on any atom is 0.321 e. The van der Waals surface area contributed by atoms with Gasteiger partial charge in [0.25, 0.3) is 0 Å². The van der Waals surface area contributed by atoms with E-state index in [1.165, 1.54) is 7.11 Å². The van der Waals surface area contributed by atoms with E-state index >= 15 is 0 Å². The number of ether oxygens (including phenoxy) is 1. The fraction of sp³-hybridized carbons (Fsp3) is 0.318. The van der Waals surface area contributed by atoms with Crippen LogP contribution in [0.15, 0.2) is 42.5 Å². The van der Waals surface area contributed by atoms with E-state index in [4.69, 9.17) is 4.74 Å². The fourth-order valence-electron chi connectivity index (χ4n) is 3.37. The molecule has 3 N–H and O–H groups in total. The second-order valence-corrected chi connectivity index (χ2v) is 7.35. The van der Waals surface area contributed by atoms with E-state index in [9.17, 15) is 23.2 Å². The molecule has 1 saturated heterocycles. The summed E-state index contributed by atoms with van der Waals surface area (Å²) in [7, 11) is 1.53. The van der Waals surface area contributed by atoms with E-state index in [0.717, 1.165) is 12.1 Å². The zero-order valence-electron chi connectivity index (χ0n) is 17.5. The van der Waals surface area contributed by atoms with E-state index in [1.807, 2.05) is 6.07 Å². The molecule has 1 aliphatic rings. The number of nitrogens with zero attached hydrogens (tertiary/aromatic N) is 1. The highest BCUT2D eigenvalue weighted by Crippen LogP contribution is 2.24. The topological polar surface area (TPSA) is 99.8 Å². The van der Waals surface area contributed by atoms with Gasteiger partial charge in [0.15, 0.2) is 0 Å². The Morgan fingerprint density at radius 1 is 1.00 bits per heavy atom. The second-order valence-electron chi connectivity index (χ2n) is 7.35. The molecular weight excluding hydrogens is 422 g/mol. The molecule has 1 fully saturated rings. The molecule has 0 bridgehead atoms. The first-order valence-electron chi connectivity index (χ1n) is 10.1. The number of methoxy groups -OCH3 is 1. The molecule has 1 heterocycles. The van der Waals surface area contributed by atoms with Gasteiger partial charge in [-0.3, -0.25) is 9.59 Å². The van der Waals surface area contributed by atoms with Crippen molar-refractivity contribution >= 4 is 29.2 Å². The van der Waals surface area contributed by atoms with Crippen LogP contribution in [-0.2, 0) is 9.59 Å². The third-order valence-corrected chi connectivity index (χ3v) is 5.19. The molecule has 170 valence electrons. The number of para-hydroxylation sites is 2. The molecule has 1 aliphatic heterocycles. The Labute approximate surface area is 183 Å². The summed E-state index contributed by atoms with van der Waals surface area (Å²) in [6.45, 7) is 1.24. The average molecular weight is 446 g/mol. The number of piperidine rings is 1. The third kappa shape index (κ3) is 5.93. The number of benzene rings is 2. The SMILES string of the molecule is COc1ccccc1NC(=O)N1CCC(CNC(=O)C(=O)Nc2ccc(F)cc2F)CC1. The predicted octanol–water partition coefficient (Wildman–Crippen LogP) is 2.97. The first-order chi connectivity index (χ1) is 15.4. The van der Waals surface area contributed by atoms with Gasteiger partial charge in [0.05, 0.1) is 18.5 Å². The molecule has 2 aromatic rings. The Kier molecular flexibility index (Phi) is 7.58. The number of carbonyl (C=O) groups is 3. The van der Waals surface area contributed by atoms with Gasteiger partial charge in [0.2, 0.25) is 0 Å². The van der Waals surface area contributed by atoms with Crippen molar-refractivity contribution in [2.75, 3.05) is 37.4 Å². The van der Waals surface area contributed by atoms with Crippen molar-refractivity contribution in [2.45, 2.75) is 12.8 Å². The number of anilines is 2. The minimum Gasteiger partial charge on any atom is -0.495 e. The van der Waals surface area contributed by atoms with Crippen molar-refractivity contribution in [1.82, 2.24) is 10.2 Å². The van der Waals surface area contributed by atoms with Gasteiger partial charge in [-0.2, -0.15) is 0 Å². The summed E-state index contributed by atoms with van der Waals surface area (Å²) >= 11 is 0. The van der Waals surface area contributed by atoms with Gasteiger partial charge in [0.1, 0.15) is 17.4 Å². The fourth-order valence-corrected chi connectivity index (χ4v) is 3.37. The number of urea groups is 1. The number of carbonyl (C=O) groups excluding carboxylic acids is 3. The van der Waals surface area contributed by atoms with Gasteiger partial charge < -0.3 is 25.6 Å². The van der Waals surface area contributed by atoms with Gasteiger partial charge in [-0.15, -0.1) is 0 Å². The maximum atomic E-state index is 13.6. The lowest BCUT2D eigenvalue weighted by Gasteiger charge is -2.32. The van der Waals surface area contributed by atoms with Crippen LogP contribution in [0.3, 0.4) is 0 Å². The monoisotopic (exact) mass is 446 g/mol. The highest BCUT2D eigenvalue weighted by atomic mass is 19.1. The first-order valence-corrected chi connectivity index (χ1v) is 10.1. The largest absolute Gasteiger partial charge is 0.495 e. The van der Waals surface area contributed by atoms with Crippen LogP contribution in [0.1, 0.15) is 12.8 Å². The van der Waals surface area contributed by atoms with Crippen molar-refractivity contribution in [3.05, 3.63) is 54.1 Å². The van der Waals surface area contributed by atoms with E-state index < -0.39 is 23.4 Å². The lowest BCUT2D eigenvalue weighted by atomic mass is 9.97. The van der Waals surface area contributed by atoms with Crippen LogP contribution in [0.4, 0.5) is 25.0 Å². The van der Waals surface area contributed by atoms with Gasteiger partial charge >= 0.3 is 17.8 Å². The van der Waals surface area contributed by atoms with E-state index in [0.29, 0.717) is 43.4 Å². The Morgan fingerprint density at radius 3 is 2.41 bits per heavy atom. The van der Waals surface area contributed by atoms with Crippen LogP contribution in [0.2, 0.25) is 0 Å². The van der Waals surface area contributed by atoms with Gasteiger partial charge in [-0.05, 0) is 43.0 Å². The van der Waals surface area contributed by atoms with Gasteiger partial charge in [0, 0.05) is 25.7 Å². The molecule has 0 radical (unpaired) electrons. The third-order valence-electron chi connectivity index (χ3n) is 5.19.